The molecule has 0 aliphatic heterocycles. The van der Waals surface area contributed by atoms with Crippen LogP contribution in [0.4, 0.5) is 0 Å². The maximum Gasteiger partial charge on any atom is 0.364 e. The molecule has 0 aliphatic rings. The number of carbonyl (C=O) groups excluding carboxylic acids is 1. The number of unbranched alkanes of at least 4 members (excludes halogenated alkanes) is 10. The predicted molar refractivity (Wildman–Crippen MR) is 159 cm³/mol. The van der Waals surface area contributed by atoms with Gasteiger partial charge in [-0.15, -0.1) is 0 Å². The van der Waals surface area contributed by atoms with E-state index < -0.39 is 0 Å². The van der Waals surface area contributed by atoms with E-state index in [2.05, 4.69) is 51.4 Å². The van der Waals surface area contributed by atoms with E-state index in [1.54, 1.807) is 0 Å². The monoisotopic (exact) mass is 524 g/mol. The third kappa shape index (κ3) is 13.5. The zero-order chi connectivity index (χ0) is 27.5. The molecule has 1 atom stereocenters. The fraction of sp³-hybridized carbons (Fsp3) is 0.618. The second-order valence-corrected chi connectivity index (χ2v) is 11.4. The van der Waals surface area contributed by atoms with Crippen molar-refractivity contribution in [1.29, 1.82) is 0 Å². The van der Waals surface area contributed by atoms with Gasteiger partial charge >= 0.3 is 5.97 Å². The Morgan fingerprint density at radius 1 is 0.737 bits per heavy atom. The minimum absolute atomic E-state index is 0.153. The van der Waals surface area contributed by atoms with Gasteiger partial charge in [0.25, 0.3) is 0 Å². The lowest BCUT2D eigenvalue weighted by Crippen LogP contribution is -2.51. The topological polar surface area (TPSA) is 35.5 Å². The number of quaternary nitrogens is 1. The lowest BCUT2D eigenvalue weighted by atomic mass is 10.0. The second kappa shape index (κ2) is 18.8. The van der Waals surface area contributed by atoms with Gasteiger partial charge < -0.3 is 14.0 Å². The minimum Gasteiger partial charge on any atom is -0.493 e. The van der Waals surface area contributed by atoms with Crippen molar-refractivity contribution < 1.29 is 18.8 Å². The Labute approximate surface area is 233 Å². The fourth-order valence-electron chi connectivity index (χ4n) is 4.80. The number of benzene rings is 2. The quantitative estimate of drug-likeness (QED) is 0.0932. The Balaban J connectivity index is 1.55. The minimum atomic E-state index is -0.233. The average Bonchev–Trinajstić information content (AvgIpc) is 2.91. The van der Waals surface area contributed by atoms with Gasteiger partial charge in [0.05, 0.1) is 27.3 Å². The molecule has 0 saturated carbocycles. The van der Waals surface area contributed by atoms with Crippen molar-refractivity contribution in [2.45, 2.75) is 110 Å². The van der Waals surface area contributed by atoms with Crippen molar-refractivity contribution >= 4 is 5.97 Å². The largest absolute Gasteiger partial charge is 0.493 e. The maximum atomic E-state index is 12.6. The SMILES string of the molecule is CCCCCCCCCCCCCc1cccc(OCCCOC(=O)C(C)[N+](C)(C)Cc2ccccc2)c1. The van der Waals surface area contributed by atoms with Gasteiger partial charge in [-0.2, -0.15) is 0 Å². The number of rotatable bonds is 21. The van der Waals surface area contributed by atoms with Crippen LogP contribution in [0.3, 0.4) is 0 Å². The predicted octanol–water partition coefficient (Wildman–Crippen LogP) is 8.52. The van der Waals surface area contributed by atoms with Crippen LogP contribution in [-0.4, -0.2) is 43.8 Å². The van der Waals surface area contributed by atoms with Crippen LogP contribution in [0.15, 0.2) is 54.6 Å². The second-order valence-electron chi connectivity index (χ2n) is 11.4. The molecular weight excluding hydrogens is 470 g/mol. The maximum absolute atomic E-state index is 12.6. The van der Waals surface area contributed by atoms with E-state index in [9.17, 15) is 4.79 Å². The zero-order valence-electron chi connectivity index (χ0n) is 24.8. The summed E-state index contributed by atoms with van der Waals surface area (Å²) < 4.78 is 12.1. The molecule has 1 unspecified atom stereocenters. The van der Waals surface area contributed by atoms with E-state index in [0.717, 1.165) is 18.7 Å². The van der Waals surface area contributed by atoms with E-state index in [0.29, 0.717) is 24.1 Å². The Bertz CT molecular complexity index is 880. The summed E-state index contributed by atoms with van der Waals surface area (Å²) in [6.45, 7) is 5.94. The summed E-state index contributed by atoms with van der Waals surface area (Å²) in [6, 6.07) is 18.5. The van der Waals surface area contributed by atoms with Crippen LogP contribution in [0, 0.1) is 0 Å². The van der Waals surface area contributed by atoms with Gasteiger partial charge in [0.1, 0.15) is 12.3 Å². The van der Waals surface area contributed by atoms with Crippen molar-refractivity contribution in [3.63, 3.8) is 0 Å². The highest BCUT2D eigenvalue weighted by Gasteiger charge is 2.32. The number of hydrogen-bond acceptors (Lipinski definition) is 3. The van der Waals surface area contributed by atoms with E-state index in [-0.39, 0.29) is 12.0 Å². The highest BCUT2D eigenvalue weighted by molar-refractivity contribution is 5.74. The molecule has 0 aromatic heterocycles. The van der Waals surface area contributed by atoms with Crippen molar-refractivity contribution in [1.82, 2.24) is 0 Å². The Morgan fingerprint density at radius 3 is 2.00 bits per heavy atom. The van der Waals surface area contributed by atoms with Crippen LogP contribution in [0.1, 0.15) is 102 Å². The lowest BCUT2D eigenvalue weighted by Gasteiger charge is -2.34. The zero-order valence-corrected chi connectivity index (χ0v) is 24.8. The number of hydrogen-bond donors (Lipinski definition) is 0. The summed E-state index contributed by atoms with van der Waals surface area (Å²) in [5.41, 5.74) is 2.56. The van der Waals surface area contributed by atoms with Crippen molar-refractivity contribution in [3.8, 4) is 5.75 Å². The van der Waals surface area contributed by atoms with Gasteiger partial charge in [-0.25, -0.2) is 4.79 Å². The van der Waals surface area contributed by atoms with Crippen LogP contribution >= 0.6 is 0 Å². The molecule has 0 aliphatic carbocycles. The van der Waals surface area contributed by atoms with E-state index in [4.69, 9.17) is 9.47 Å². The lowest BCUT2D eigenvalue weighted by molar-refractivity contribution is -0.917. The normalized spacial score (nSPS) is 12.3. The number of ether oxygens (including phenoxy) is 2. The molecule has 0 spiro atoms. The number of aryl methyl sites for hydroxylation is 1. The van der Waals surface area contributed by atoms with Gasteiger partial charge in [-0.3, -0.25) is 0 Å². The Morgan fingerprint density at radius 2 is 1.34 bits per heavy atom. The summed E-state index contributed by atoms with van der Waals surface area (Å²) in [5, 5.41) is 0. The first-order valence-corrected chi connectivity index (χ1v) is 15.2. The fourth-order valence-corrected chi connectivity index (χ4v) is 4.80. The Hall–Kier alpha value is -2.33. The number of esters is 1. The van der Waals surface area contributed by atoms with Crippen molar-refractivity contribution in [2.75, 3.05) is 27.3 Å². The molecule has 4 nitrogen and oxygen atoms in total. The van der Waals surface area contributed by atoms with E-state index >= 15 is 0 Å². The van der Waals surface area contributed by atoms with Gasteiger partial charge in [0, 0.05) is 12.0 Å². The van der Waals surface area contributed by atoms with Crippen LogP contribution < -0.4 is 4.74 Å². The summed E-state index contributed by atoms with van der Waals surface area (Å²) in [5.74, 6) is 0.755. The summed E-state index contributed by atoms with van der Waals surface area (Å²) >= 11 is 0. The van der Waals surface area contributed by atoms with Crippen LogP contribution in [0.25, 0.3) is 0 Å². The van der Waals surface area contributed by atoms with Gasteiger partial charge in [-0.1, -0.05) is 114 Å². The molecule has 0 amide bonds. The standard InChI is InChI=1S/C34H54NO3/c1-5-6-7-8-9-10-11-12-13-14-16-21-31-24-19-25-33(28-31)37-26-20-27-38-34(36)30(2)35(3,4)29-32-22-17-15-18-23-32/h15,17-19,22-25,28,30H,5-14,16,20-21,26-27,29H2,1-4H3/q+1. The van der Waals surface area contributed by atoms with E-state index in [1.165, 1.54) is 81.8 Å². The molecule has 0 radical (unpaired) electrons. The highest BCUT2D eigenvalue weighted by atomic mass is 16.5. The third-order valence-electron chi connectivity index (χ3n) is 7.59. The summed E-state index contributed by atoms with van der Waals surface area (Å²) in [4.78, 5) is 12.6. The van der Waals surface area contributed by atoms with Crippen molar-refractivity contribution in [2.24, 2.45) is 0 Å². The van der Waals surface area contributed by atoms with Gasteiger partial charge in [-0.05, 0) is 37.5 Å². The first-order valence-electron chi connectivity index (χ1n) is 15.2. The first-order chi connectivity index (χ1) is 18.4. The number of likely N-dealkylation sites (N-methyl/N-ethyl adjacent to an activating group) is 1. The van der Waals surface area contributed by atoms with Crippen LogP contribution in [-0.2, 0) is 22.5 Å². The molecule has 4 heteroatoms. The van der Waals surface area contributed by atoms with Gasteiger partial charge in [0.2, 0.25) is 0 Å². The summed E-state index contributed by atoms with van der Waals surface area (Å²) in [7, 11) is 4.15. The average molecular weight is 525 g/mol. The molecule has 2 aromatic carbocycles. The molecule has 0 saturated heterocycles. The molecule has 2 aromatic rings. The van der Waals surface area contributed by atoms with Crippen molar-refractivity contribution in [3.05, 3.63) is 65.7 Å². The first kappa shape index (κ1) is 31.9. The number of carbonyl (C=O) groups is 1. The van der Waals surface area contributed by atoms with E-state index in [1.807, 2.05) is 31.2 Å². The highest BCUT2D eigenvalue weighted by Crippen LogP contribution is 2.18. The molecule has 2 rings (SSSR count). The van der Waals surface area contributed by atoms with Crippen LogP contribution in [0.5, 0.6) is 5.75 Å². The third-order valence-corrected chi connectivity index (χ3v) is 7.59. The molecule has 38 heavy (non-hydrogen) atoms. The molecule has 212 valence electrons. The van der Waals surface area contributed by atoms with Crippen LogP contribution in [0.2, 0.25) is 0 Å². The molecule has 0 N–H and O–H groups in total. The Kier molecular flexibility index (Phi) is 15.8. The smallest absolute Gasteiger partial charge is 0.364 e. The molecule has 0 bridgehead atoms. The molecular formula is C34H54NO3+. The molecule has 0 fully saturated rings. The number of nitrogens with zero attached hydrogens (tertiary/aromatic N) is 1. The molecule has 0 heterocycles. The summed E-state index contributed by atoms with van der Waals surface area (Å²) in [6.07, 6.45) is 16.9. The van der Waals surface area contributed by atoms with Gasteiger partial charge in [0.15, 0.2) is 6.04 Å².